The predicted molar refractivity (Wildman–Crippen MR) is 134 cm³/mol. The van der Waals surface area contributed by atoms with E-state index in [-0.39, 0.29) is 17.1 Å². The Hall–Kier alpha value is -3.91. The second-order valence-corrected chi connectivity index (χ2v) is 10.2. The molecule has 0 saturated heterocycles. The lowest BCUT2D eigenvalue weighted by Gasteiger charge is -2.13. The Labute approximate surface area is 203 Å². The maximum Gasteiger partial charge on any atom is 0.338 e. The minimum absolute atomic E-state index is 0.0228. The fourth-order valence-corrected chi connectivity index (χ4v) is 5.13. The lowest BCUT2D eigenvalue weighted by molar-refractivity contribution is 0.0473. The van der Waals surface area contributed by atoms with Crippen molar-refractivity contribution in [2.45, 2.75) is 39.2 Å². The van der Waals surface area contributed by atoms with Crippen LogP contribution in [0, 0.1) is 27.7 Å². The van der Waals surface area contributed by atoms with Crippen molar-refractivity contribution >= 4 is 32.6 Å². The normalized spacial score (nSPS) is 11.4. The second-order valence-electron chi connectivity index (χ2n) is 8.51. The van der Waals surface area contributed by atoms with Gasteiger partial charge in [0.15, 0.2) is 0 Å². The summed E-state index contributed by atoms with van der Waals surface area (Å²) in [5, 5.41) is 0.676. The van der Waals surface area contributed by atoms with Crippen molar-refractivity contribution in [3.8, 4) is 0 Å². The molecule has 0 fully saturated rings. The van der Waals surface area contributed by atoms with Crippen molar-refractivity contribution < 1.29 is 22.4 Å². The van der Waals surface area contributed by atoms with Crippen LogP contribution in [0.5, 0.6) is 0 Å². The number of fused-ring (bicyclic) bond motifs is 1. The first-order chi connectivity index (χ1) is 16.5. The Balaban J connectivity index is 1.59. The number of hydrogen-bond acceptors (Lipinski definition) is 6. The van der Waals surface area contributed by atoms with Crippen LogP contribution in [0.2, 0.25) is 0 Å². The van der Waals surface area contributed by atoms with Crippen LogP contribution in [-0.2, 0) is 21.4 Å². The summed E-state index contributed by atoms with van der Waals surface area (Å²) in [6, 6.07) is 16.4. The van der Waals surface area contributed by atoms with Crippen molar-refractivity contribution in [2.24, 2.45) is 0 Å². The number of nitrogens with one attached hydrogen (secondary N) is 1. The third-order valence-electron chi connectivity index (χ3n) is 5.86. The van der Waals surface area contributed by atoms with Crippen molar-refractivity contribution in [2.75, 3.05) is 4.72 Å². The average molecular weight is 492 g/mol. The fraction of sp³-hybridized carbons (Fsp3) is 0.185. The first kappa shape index (κ1) is 24.2. The Morgan fingerprint density at radius 1 is 0.943 bits per heavy atom. The van der Waals surface area contributed by atoms with E-state index in [2.05, 4.69) is 4.72 Å². The lowest BCUT2D eigenvalue weighted by atomic mass is 10.0. The molecule has 1 aromatic heterocycles. The van der Waals surface area contributed by atoms with Crippen molar-refractivity contribution in [3.05, 3.63) is 104 Å². The number of anilines is 1. The van der Waals surface area contributed by atoms with Gasteiger partial charge < -0.3 is 9.15 Å². The largest absolute Gasteiger partial charge is 0.457 e. The van der Waals surface area contributed by atoms with Crippen molar-refractivity contribution in [3.63, 3.8) is 0 Å². The molecule has 4 aromatic rings. The van der Waals surface area contributed by atoms with Gasteiger partial charge in [-0.2, -0.15) is 0 Å². The zero-order valence-electron chi connectivity index (χ0n) is 19.8. The standard InChI is InChI=1S/C27H25NO6S/c1-16-6-5-7-22(12-16)28-35(31,32)24-13-20(10-8-18(24)3)27(30)33-15-21-14-25(29)34-26-19(4)17(2)9-11-23(21)26/h5-14,28H,15H2,1-4H3. The number of hydrogen-bond donors (Lipinski definition) is 1. The van der Waals surface area contributed by atoms with Crippen LogP contribution >= 0.6 is 0 Å². The third-order valence-corrected chi connectivity index (χ3v) is 7.38. The Bertz CT molecular complexity index is 1620. The maximum absolute atomic E-state index is 13.0. The van der Waals surface area contributed by atoms with Crippen molar-refractivity contribution in [1.29, 1.82) is 0 Å². The number of aryl methyl sites for hydroxylation is 4. The van der Waals surface area contributed by atoms with E-state index in [1.165, 1.54) is 18.2 Å². The van der Waals surface area contributed by atoms with Gasteiger partial charge >= 0.3 is 11.6 Å². The topological polar surface area (TPSA) is 103 Å². The summed E-state index contributed by atoms with van der Waals surface area (Å²) in [5.41, 5.74) is 4.14. The van der Waals surface area contributed by atoms with Gasteiger partial charge in [0.1, 0.15) is 12.2 Å². The summed E-state index contributed by atoms with van der Waals surface area (Å²) in [6.07, 6.45) is 0. The molecule has 0 aliphatic carbocycles. The maximum atomic E-state index is 13.0. The molecule has 1 heterocycles. The molecule has 0 saturated carbocycles. The van der Waals surface area contributed by atoms with Crippen LogP contribution in [0.25, 0.3) is 11.0 Å². The number of sulfonamides is 1. The van der Waals surface area contributed by atoms with Crippen molar-refractivity contribution in [1.82, 2.24) is 0 Å². The molecule has 0 unspecified atom stereocenters. The van der Waals surface area contributed by atoms with E-state index in [0.717, 1.165) is 16.7 Å². The minimum atomic E-state index is -3.94. The molecular weight excluding hydrogens is 466 g/mol. The number of ether oxygens (including phenoxy) is 1. The van der Waals surface area contributed by atoms with Crippen LogP contribution in [0.4, 0.5) is 5.69 Å². The molecule has 0 radical (unpaired) electrons. The molecule has 4 rings (SSSR count). The van der Waals surface area contributed by atoms with Gasteiger partial charge in [-0.05, 0) is 74.2 Å². The predicted octanol–water partition coefficient (Wildman–Crippen LogP) is 5.18. The molecule has 7 nitrogen and oxygen atoms in total. The van der Waals surface area contributed by atoms with E-state index in [9.17, 15) is 18.0 Å². The highest BCUT2D eigenvalue weighted by Crippen LogP contribution is 2.25. The summed E-state index contributed by atoms with van der Waals surface area (Å²) >= 11 is 0. The number of esters is 1. The van der Waals surface area contributed by atoms with Crippen LogP contribution < -0.4 is 10.3 Å². The van der Waals surface area contributed by atoms with Crippen LogP contribution in [0.15, 0.2) is 74.8 Å². The van der Waals surface area contributed by atoms with E-state index in [1.54, 1.807) is 31.2 Å². The molecule has 180 valence electrons. The Kier molecular flexibility index (Phi) is 6.49. The molecule has 0 bridgehead atoms. The van der Waals surface area contributed by atoms with Crippen LogP contribution in [0.3, 0.4) is 0 Å². The number of carbonyl (C=O) groups is 1. The number of rotatable bonds is 6. The Morgan fingerprint density at radius 3 is 2.43 bits per heavy atom. The molecule has 0 spiro atoms. The van der Waals surface area contributed by atoms with Gasteiger partial charge in [0.05, 0.1) is 10.5 Å². The van der Waals surface area contributed by atoms with Gasteiger partial charge in [-0.3, -0.25) is 4.72 Å². The fourth-order valence-electron chi connectivity index (χ4n) is 3.81. The summed E-state index contributed by atoms with van der Waals surface area (Å²) in [6.45, 7) is 7.12. The lowest BCUT2D eigenvalue weighted by Crippen LogP contribution is -2.16. The first-order valence-corrected chi connectivity index (χ1v) is 12.4. The van der Waals surface area contributed by atoms with E-state index in [4.69, 9.17) is 9.15 Å². The zero-order chi connectivity index (χ0) is 25.3. The van der Waals surface area contributed by atoms with Gasteiger partial charge in [0.2, 0.25) is 0 Å². The van der Waals surface area contributed by atoms with Gasteiger partial charge in [0, 0.05) is 22.7 Å². The van der Waals surface area contributed by atoms with Crippen LogP contribution in [0.1, 0.15) is 38.2 Å². The molecule has 3 aromatic carbocycles. The Morgan fingerprint density at radius 2 is 1.69 bits per heavy atom. The molecule has 0 atom stereocenters. The first-order valence-electron chi connectivity index (χ1n) is 11.0. The summed E-state index contributed by atoms with van der Waals surface area (Å²) in [4.78, 5) is 24.9. The summed E-state index contributed by atoms with van der Waals surface area (Å²) in [7, 11) is -3.94. The number of carbonyl (C=O) groups excluding carboxylic acids is 1. The molecule has 1 N–H and O–H groups in total. The van der Waals surface area contributed by atoms with Gasteiger partial charge in [-0.1, -0.05) is 30.3 Å². The highest BCUT2D eigenvalue weighted by molar-refractivity contribution is 7.92. The molecule has 0 amide bonds. The minimum Gasteiger partial charge on any atom is -0.457 e. The quantitative estimate of drug-likeness (QED) is 0.294. The van der Waals surface area contributed by atoms with Gasteiger partial charge in [0.25, 0.3) is 10.0 Å². The van der Waals surface area contributed by atoms with E-state index >= 15 is 0 Å². The number of benzene rings is 3. The van der Waals surface area contributed by atoms with E-state index < -0.39 is 21.6 Å². The monoisotopic (exact) mass is 491 g/mol. The second kappa shape index (κ2) is 9.38. The molecule has 0 aliphatic heterocycles. The molecule has 8 heteroatoms. The molecular formula is C27H25NO6S. The van der Waals surface area contributed by atoms with Gasteiger partial charge in [-0.15, -0.1) is 0 Å². The highest BCUT2D eigenvalue weighted by Gasteiger charge is 2.20. The van der Waals surface area contributed by atoms with Gasteiger partial charge in [-0.25, -0.2) is 18.0 Å². The van der Waals surface area contributed by atoms with Crippen LogP contribution in [-0.4, -0.2) is 14.4 Å². The third kappa shape index (κ3) is 5.12. The summed E-state index contributed by atoms with van der Waals surface area (Å²) in [5.74, 6) is -0.706. The van der Waals surface area contributed by atoms with E-state index in [1.807, 2.05) is 39.0 Å². The smallest absolute Gasteiger partial charge is 0.338 e. The molecule has 35 heavy (non-hydrogen) atoms. The van der Waals surface area contributed by atoms with E-state index in [0.29, 0.717) is 27.8 Å². The zero-order valence-corrected chi connectivity index (χ0v) is 20.7. The molecule has 0 aliphatic rings. The highest BCUT2D eigenvalue weighted by atomic mass is 32.2. The average Bonchev–Trinajstić information content (AvgIpc) is 2.80. The summed E-state index contributed by atoms with van der Waals surface area (Å²) < 4.78 is 39.4. The SMILES string of the molecule is Cc1cccc(NS(=O)(=O)c2cc(C(=O)OCc3cc(=O)oc4c(C)c(C)ccc34)ccc2C)c1.